The fraction of sp³-hybridized carbons (Fsp3) is 0.250. The lowest BCUT2D eigenvalue weighted by molar-refractivity contribution is -0.344. The van der Waals surface area contributed by atoms with Gasteiger partial charge in [-0.3, -0.25) is 4.74 Å². The van der Waals surface area contributed by atoms with Crippen molar-refractivity contribution in [3.63, 3.8) is 0 Å². The maximum absolute atomic E-state index is 15.7. The predicted octanol–water partition coefficient (Wildman–Crippen LogP) is 14.4. The highest BCUT2D eigenvalue weighted by Crippen LogP contribution is 2.53. The molecule has 6 aromatic carbocycles. The molecule has 0 N–H and O–H groups in total. The van der Waals surface area contributed by atoms with E-state index in [4.69, 9.17) is 46.9 Å². The average molecular weight is 884 g/mol. The Morgan fingerprint density at radius 3 is 1.03 bits per heavy atom. The summed E-state index contributed by atoms with van der Waals surface area (Å²) in [5.41, 5.74) is -0.248. The molecule has 5 nitrogen and oxygen atoms in total. The molecule has 0 bridgehead atoms. The van der Waals surface area contributed by atoms with Crippen LogP contribution in [0.25, 0.3) is 0 Å². The van der Waals surface area contributed by atoms with Crippen molar-refractivity contribution in [1.29, 1.82) is 0 Å². The zero-order chi connectivity index (χ0) is 43.7. The smallest absolute Gasteiger partial charge is 0.396 e. The van der Waals surface area contributed by atoms with Gasteiger partial charge in [-0.15, -0.1) is 0 Å². The molecule has 0 amide bonds. The Kier molecular flexibility index (Phi) is 14.5. The number of alkyl halides is 6. The van der Waals surface area contributed by atoms with E-state index in [0.717, 1.165) is 0 Å². The molecule has 61 heavy (non-hydrogen) atoms. The minimum Gasteiger partial charge on any atom is -0.494 e. The van der Waals surface area contributed by atoms with Gasteiger partial charge in [0.15, 0.2) is 0 Å². The first-order chi connectivity index (χ1) is 29.1. The lowest BCUT2D eigenvalue weighted by Crippen LogP contribution is -2.51. The summed E-state index contributed by atoms with van der Waals surface area (Å²) in [5, 5.41) is 0.600. The van der Waals surface area contributed by atoms with Crippen molar-refractivity contribution >= 4 is 23.2 Å². The van der Waals surface area contributed by atoms with E-state index in [1.165, 1.54) is 121 Å². The monoisotopic (exact) mass is 882 g/mol. The van der Waals surface area contributed by atoms with E-state index >= 15 is 26.3 Å². The van der Waals surface area contributed by atoms with Crippen LogP contribution in [0.3, 0.4) is 0 Å². The van der Waals surface area contributed by atoms with Gasteiger partial charge in [0.2, 0.25) is 11.6 Å². The Hall–Kier alpha value is -5.36. The predicted molar refractivity (Wildman–Crippen MR) is 224 cm³/mol. The Balaban J connectivity index is 1.66. The topological polar surface area (TPSA) is 46.2 Å². The number of ether oxygens (including phenoxy) is 5. The molecule has 6 aromatic rings. The summed E-state index contributed by atoms with van der Waals surface area (Å²) < 4.78 is 126. The highest BCUT2D eigenvalue weighted by Gasteiger charge is 2.57. The van der Waals surface area contributed by atoms with Gasteiger partial charge in [-0.2, -0.15) is 26.3 Å². The van der Waals surface area contributed by atoms with Gasteiger partial charge in [-0.05, 0) is 97.8 Å². The third-order valence-corrected chi connectivity index (χ3v) is 10.4. The molecule has 13 heteroatoms. The number of hydrogen-bond acceptors (Lipinski definition) is 5. The standard InChI is InChI=1S/C48H42Cl2F6O5/c1-3-57-39-23-15-33(16-24-39)43(47(51,52)53)31-45(35-11-7-5-8-12-35,59-41-27-19-37(49)20-28-41)61-46(36-13-9-6-10-14-36,60-42-29-21-38(50)22-30-42)32-44(48(54,55)56)34-17-25-40(26-18-34)58-4-2/h5-30,43-44H,3-4,31-32H2,1-2H3. The van der Waals surface area contributed by atoms with Crippen LogP contribution in [-0.2, 0) is 16.3 Å². The molecule has 0 aromatic heterocycles. The SMILES string of the molecule is CCOc1ccc(C(CC(Oc2ccc(Cl)cc2)(OC(CC(c2ccc(OCC)cc2)C(F)(F)F)(Oc2ccc(Cl)cc2)c2ccccc2)c2ccccc2)C(F)(F)F)cc1. The van der Waals surface area contributed by atoms with Gasteiger partial charge in [0.1, 0.15) is 23.0 Å². The number of hydrogen-bond donors (Lipinski definition) is 0. The van der Waals surface area contributed by atoms with Gasteiger partial charge in [0, 0.05) is 34.0 Å². The van der Waals surface area contributed by atoms with E-state index in [2.05, 4.69) is 0 Å². The van der Waals surface area contributed by atoms with Crippen molar-refractivity contribution in [2.45, 2.75) is 62.5 Å². The molecule has 0 heterocycles. The van der Waals surface area contributed by atoms with E-state index in [1.807, 2.05) is 0 Å². The molecule has 0 aliphatic carbocycles. The second-order valence-corrected chi connectivity index (χ2v) is 14.9. The van der Waals surface area contributed by atoms with E-state index in [9.17, 15) is 0 Å². The Bertz CT molecular complexity index is 2100. The highest BCUT2D eigenvalue weighted by atomic mass is 35.5. The summed E-state index contributed by atoms with van der Waals surface area (Å²) in [5.74, 6) is -9.02. The summed E-state index contributed by atoms with van der Waals surface area (Å²) in [6.07, 6.45) is -11.9. The zero-order valence-corrected chi connectivity index (χ0v) is 34.6. The maximum atomic E-state index is 15.7. The molecular formula is C48H42Cl2F6O5. The Labute approximate surface area is 360 Å². The second-order valence-electron chi connectivity index (χ2n) is 14.1. The van der Waals surface area contributed by atoms with Crippen LogP contribution in [0.1, 0.15) is 60.8 Å². The quantitative estimate of drug-likeness (QED) is 0.0636. The number of benzene rings is 6. The molecule has 4 unspecified atom stereocenters. The molecule has 0 spiro atoms. The van der Waals surface area contributed by atoms with Crippen LogP contribution in [0.5, 0.6) is 23.0 Å². The van der Waals surface area contributed by atoms with E-state index in [0.29, 0.717) is 21.5 Å². The second kappa shape index (κ2) is 19.6. The van der Waals surface area contributed by atoms with Crippen LogP contribution in [0.15, 0.2) is 158 Å². The summed E-state index contributed by atoms with van der Waals surface area (Å²) >= 11 is 12.5. The molecule has 0 aliphatic heterocycles. The molecule has 0 radical (unpaired) electrons. The van der Waals surface area contributed by atoms with E-state index < -0.39 is 48.6 Å². The van der Waals surface area contributed by atoms with Gasteiger partial charge in [0.05, 0.1) is 25.0 Å². The Morgan fingerprint density at radius 2 is 0.738 bits per heavy atom. The van der Waals surface area contributed by atoms with Crippen LogP contribution in [0.2, 0.25) is 10.0 Å². The van der Waals surface area contributed by atoms with Crippen molar-refractivity contribution in [3.05, 3.63) is 190 Å². The fourth-order valence-corrected chi connectivity index (χ4v) is 7.28. The lowest BCUT2D eigenvalue weighted by Gasteiger charge is -2.46. The summed E-state index contributed by atoms with van der Waals surface area (Å²) in [6.45, 7) is 4.06. The minimum absolute atomic E-state index is 0.00760. The van der Waals surface area contributed by atoms with Crippen molar-refractivity contribution in [2.75, 3.05) is 13.2 Å². The number of halogens is 8. The first-order valence-corrected chi connectivity index (χ1v) is 20.2. The van der Waals surface area contributed by atoms with Crippen LogP contribution >= 0.6 is 23.2 Å². The fourth-order valence-electron chi connectivity index (χ4n) is 7.02. The number of rotatable bonds is 18. The first kappa shape index (κ1) is 45.2. The van der Waals surface area contributed by atoms with Gasteiger partial charge in [0.25, 0.3) is 0 Å². The largest absolute Gasteiger partial charge is 0.494 e. The van der Waals surface area contributed by atoms with Gasteiger partial charge in [-0.25, -0.2) is 0 Å². The zero-order valence-electron chi connectivity index (χ0n) is 33.1. The van der Waals surface area contributed by atoms with Gasteiger partial charge in [-0.1, -0.05) is 108 Å². The van der Waals surface area contributed by atoms with E-state index in [-0.39, 0.29) is 47.0 Å². The van der Waals surface area contributed by atoms with Crippen molar-refractivity contribution < 1.29 is 50.0 Å². The maximum Gasteiger partial charge on any atom is 0.396 e. The minimum atomic E-state index is -4.94. The molecular weight excluding hydrogens is 841 g/mol. The Morgan fingerprint density at radius 1 is 0.426 bits per heavy atom. The average Bonchev–Trinajstić information content (AvgIpc) is 3.24. The molecule has 0 fully saturated rings. The molecule has 320 valence electrons. The molecule has 0 saturated heterocycles. The normalized spacial score (nSPS) is 14.9. The molecule has 0 saturated carbocycles. The third-order valence-electron chi connectivity index (χ3n) is 9.87. The molecule has 6 rings (SSSR count). The van der Waals surface area contributed by atoms with Crippen molar-refractivity contribution in [1.82, 2.24) is 0 Å². The van der Waals surface area contributed by atoms with Crippen LogP contribution in [0, 0.1) is 0 Å². The van der Waals surface area contributed by atoms with E-state index in [1.54, 1.807) is 50.2 Å². The summed E-state index contributed by atoms with van der Waals surface area (Å²) in [6, 6.07) is 38.0. The van der Waals surface area contributed by atoms with Crippen LogP contribution in [-0.4, -0.2) is 25.6 Å². The molecule has 0 aliphatic rings. The van der Waals surface area contributed by atoms with Crippen LogP contribution in [0.4, 0.5) is 26.3 Å². The van der Waals surface area contributed by atoms with Gasteiger partial charge < -0.3 is 18.9 Å². The van der Waals surface area contributed by atoms with Crippen LogP contribution < -0.4 is 18.9 Å². The summed E-state index contributed by atoms with van der Waals surface area (Å²) in [4.78, 5) is 0. The van der Waals surface area contributed by atoms with Gasteiger partial charge >= 0.3 is 12.4 Å². The first-order valence-electron chi connectivity index (χ1n) is 19.4. The molecule has 4 atom stereocenters. The van der Waals surface area contributed by atoms with Crippen molar-refractivity contribution in [3.8, 4) is 23.0 Å². The third kappa shape index (κ3) is 11.5. The lowest BCUT2D eigenvalue weighted by atomic mass is 9.85. The summed E-state index contributed by atoms with van der Waals surface area (Å²) in [7, 11) is 0. The highest BCUT2D eigenvalue weighted by molar-refractivity contribution is 6.30. The van der Waals surface area contributed by atoms with Crippen molar-refractivity contribution in [2.24, 2.45) is 0 Å².